The SMILES string of the molecule is COC(=O)c1ccc(C)c(NC(=O)c2cccc(N3CCCC3=O)c2)c1. The van der Waals surface area contributed by atoms with E-state index in [9.17, 15) is 14.4 Å². The molecule has 0 aromatic heterocycles. The smallest absolute Gasteiger partial charge is 0.337 e. The zero-order valence-electron chi connectivity index (χ0n) is 14.7. The normalized spacial score (nSPS) is 13.6. The molecule has 0 saturated carbocycles. The van der Waals surface area contributed by atoms with Gasteiger partial charge in [0.05, 0.1) is 12.7 Å². The predicted molar refractivity (Wildman–Crippen MR) is 98.5 cm³/mol. The first-order chi connectivity index (χ1) is 12.5. The monoisotopic (exact) mass is 352 g/mol. The molecule has 26 heavy (non-hydrogen) atoms. The summed E-state index contributed by atoms with van der Waals surface area (Å²) in [5.41, 5.74) is 2.91. The third-order valence-corrected chi connectivity index (χ3v) is 4.40. The van der Waals surface area contributed by atoms with Gasteiger partial charge >= 0.3 is 5.97 Å². The van der Waals surface area contributed by atoms with Gasteiger partial charge in [-0.25, -0.2) is 4.79 Å². The quantitative estimate of drug-likeness (QED) is 0.858. The van der Waals surface area contributed by atoms with Crippen LogP contribution < -0.4 is 10.2 Å². The van der Waals surface area contributed by atoms with Crippen LogP contribution in [-0.2, 0) is 9.53 Å². The molecule has 0 aliphatic carbocycles. The Morgan fingerprint density at radius 3 is 2.62 bits per heavy atom. The molecule has 1 saturated heterocycles. The van der Waals surface area contributed by atoms with Crippen molar-refractivity contribution >= 4 is 29.2 Å². The van der Waals surface area contributed by atoms with Gasteiger partial charge in [0.1, 0.15) is 0 Å². The summed E-state index contributed by atoms with van der Waals surface area (Å²) in [6.07, 6.45) is 1.37. The van der Waals surface area contributed by atoms with Gasteiger partial charge in [0.25, 0.3) is 5.91 Å². The second-order valence-electron chi connectivity index (χ2n) is 6.17. The Balaban J connectivity index is 1.82. The van der Waals surface area contributed by atoms with Crippen molar-refractivity contribution in [3.05, 3.63) is 59.2 Å². The number of aryl methyl sites for hydroxylation is 1. The van der Waals surface area contributed by atoms with E-state index < -0.39 is 5.97 Å². The number of ether oxygens (including phenoxy) is 1. The molecule has 2 amide bonds. The summed E-state index contributed by atoms with van der Waals surface area (Å²) in [6.45, 7) is 2.51. The van der Waals surface area contributed by atoms with Crippen LogP contribution >= 0.6 is 0 Å². The highest BCUT2D eigenvalue weighted by molar-refractivity contribution is 6.06. The molecule has 1 aliphatic rings. The fourth-order valence-corrected chi connectivity index (χ4v) is 2.93. The van der Waals surface area contributed by atoms with Crippen LogP contribution in [0.25, 0.3) is 0 Å². The minimum absolute atomic E-state index is 0.0733. The van der Waals surface area contributed by atoms with Gasteiger partial charge in [-0.15, -0.1) is 0 Å². The van der Waals surface area contributed by atoms with Gasteiger partial charge in [0.15, 0.2) is 0 Å². The molecule has 1 fully saturated rings. The standard InChI is InChI=1S/C20H20N2O4/c1-13-8-9-15(20(25)26-2)12-17(13)21-19(24)14-5-3-6-16(11-14)22-10-4-7-18(22)23/h3,5-6,8-9,11-12H,4,7,10H2,1-2H3,(H,21,24). The maximum Gasteiger partial charge on any atom is 0.337 e. The van der Waals surface area contributed by atoms with Crippen LogP contribution in [0.3, 0.4) is 0 Å². The number of amides is 2. The maximum absolute atomic E-state index is 12.6. The fraction of sp³-hybridized carbons (Fsp3) is 0.250. The third kappa shape index (κ3) is 3.59. The summed E-state index contributed by atoms with van der Waals surface area (Å²) in [6, 6.07) is 12.0. The molecule has 0 spiro atoms. The molecular weight excluding hydrogens is 332 g/mol. The van der Waals surface area contributed by atoms with Gasteiger partial charge in [-0.3, -0.25) is 9.59 Å². The van der Waals surface area contributed by atoms with Crippen molar-refractivity contribution in [2.45, 2.75) is 19.8 Å². The van der Waals surface area contributed by atoms with Crippen molar-refractivity contribution in [3.63, 3.8) is 0 Å². The average molecular weight is 352 g/mol. The Kier molecular flexibility index (Phi) is 5.02. The van der Waals surface area contributed by atoms with E-state index in [0.29, 0.717) is 29.8 Å². The second-order valence-corrected chi connectivity index (χ2v) is 6.17. The van der Waals surface area contributed by atoms with Crippen molar-refractivity contribution in [2.75, 3.05) is 23.9 Å². The third-order valence-electron chi connectivity index (χ3n) is 4.40. The lowest BCUT2D eigenvalue weighted by atomic mass is 10.1. The summed E-state index contributed by atoms with van der Waals surface area (Å²) < 4.78 is 4.71. The van der Waals surface area contributed by atoms with Gasteiger partial charge < -0.3 is 15.0 Å². The Labute approximate surface area is 151 Å². The molecule has 0 atom stereocenters. The van der Waals surface area contributed by atoms with Crippen LogP contribution in [0.1, 0.15) is 39.1 Å². The van der Waals surface area contributed by atoms with Gasteiger partial charge in [-0.05, 0) is 49.2 Å². The number of carbonyl (C=O) groups excluding carboxylic acids is 3. The Morgan fingerprint density at radius 1 is 1.12 bits per heavy atom. The van der Waals surface area contributed by atoms with E-state index in [4.69, 9.17) is 4.74 Å². The predicted octanol–water partition coefficient (Wildman–Crippen LogP) is 3.16. The molecular formula is C20H20N2O4. The highest BCUT2D eigenvalue weighted by Gasteiger charge is 2.22. The molecule has 2 aromatic carbocycles. The first-order valence-electron chi connectivity index (χ1n) is 8.40. The summed E-state index contributed by atoms with van der Waals surface area (Å²) in [4.78, 5) is 37.9. The van der Waals surface area contributed by atoms with E-state index in [0.717, 1.165) is 17.7 Å². The zero-order valence-corrected chi connectivity index (χ0v) is 14.7. The van der Waals surface area contributed by atoms with Crippen molar-refractivity contribution in [1.82, 2.24) is 0 Å². The number of hydrogen-bond donors (Lipinski definition) is 1. The lowest BCUT2D eigenvalue weighted by Crippen LogP contribution is -2.24. The molecule has 3 rings (SSSR count). The molecule has 2 aromatic rings. The van der Waals surface area contributed by atoms with Crippen LogP contribution in [0, 0.1) is 6.92 Å². The van der Waals surface area contributed by atoms with Gasteiger partial charge in [0.2, 0.25) is 5.91 Å². The topological polar surface area (TPSA) is 75.7 Å². The minimum atomic E-state index is -0.463. The minimum Gasteiger partial charge on any atom is -0.465 e. The lowest BCUT2D eigenvalue weighted by Gasteiger charge is -2.16. The number of benzene rings is 2. The van der Waals surface area contributed by atoms with E-state index in [-0.39, 0.29) is 11.8 Å². The summed E-state index contributed by atoms with van der Waals surface area (Å²) in [7, 11) is 1.31. The number of rotatable bonds is 4. The van der Waals surface area contributed by atoms with E-state index in [1.807, 2.05) is 13.0 Å². The molecule has 1 N–H and O–H groups in total. The zero-order chi connectivity index (χ0) is 18.7. The van der Waals surface area contributed by atoms with Crippen molar-refractivity contribution in [2.24, 2.45) is 0 Å². The van der Waals surface area contributed by atoms with Crippen molar-refractivity contribution in [3.8, 4) is 0 Å². The van der Waals surface area contributed by atoms with Crippen LogP contribution in [-0.4, -0.2) is 31.4 Å². The largest absolute Gasteiger partial charge is 0.465 e. The van der Waals surface area contributed by atoms with Crippen LogP contribution in [0.2, 0.25) is 0 Å². The summed E-state index contributed by atoms with van der Waals surface area (Å²) in [5.74, 6) is -0.692. The average Bonchev–Trinajstić information content (AvgIpc) is 3.09. The number of anilines is 2. The van der Waals surface area contributed by atoms with E-state index in [1.165, 1.54) is 7.11 Å². The molecule has 0 unspecified atom stereocenters. The highest BCUT2D eigenvalue weighted by Crippen LogP contribution is 2.23. The van der Waals surface area contributed by atoms with E-state index in [2.05, 4.69) is 5.32 Å². The van der Waals surface area contributed by atoms with Crippen LogP contribution in [0.15, 0.2) is 42.5 Å². The number of esters is 1. The first kappa shape index (κ1) is 17.7. The molecule has 0 bridgehead atoms. The van der Waals surface area contributed by atoms with E-state index in [1.54, 1.807) is 41.3 Å². The van der Waals surface area contributed by atoms with Crippen LogP contribution in [0.4, 0.5) is 11.4 Å². The summed E-state index contributed by atoms with van der Waals surface area (Å²) >= 11 is 0. The Morgan fingerprint density at radius 2 is 1.92 bits per heavy atom. The highest BCUT2D eigenvalue weighted by atomic mass is 16.5. The van der Waals surface area contributed by atoms with Gasteiger partial charge in [0, 0.05) is 29.9 Å². The number of nitrogens with one attached hydrogen (secondary N) is 1. The van der Waals surface area contributed by atoms with Crippen molar-refractivity contribution < 1.29 is 19.1 Å². The van der Waals surface area contributed by atoms with Crippen molar-refractivity contribution in [1.29, 1.82) is 0 Å². The molecule has 1 aliphatic heterocycles. The number of methoxy groups -OCH3 is 1. The first-order valence-corrected chi connectivity index (χ1v) is 8.40. The molecule has 6 heteroatoms. The lowest BCUT2D eigenvalue weighted by molar-refractivity contribution is -0.117. The Bertz CT molecular complexity index is 876. The Hall–Kier alpha value is -3.15. The van der Waals surface area contributed by atoms with E-state index >= 15 is 0 Å². The summed E-state index contributed by atoms with van der Waals surface area (Å²) in [5, 5.41) is 2.82. The molecule has 1 heterocycles. The molecule has 6 nitrogen and oxygen atoms in total. The molecule has 0 radical (unpaired) electrons. The number of nitrogens with zero attached hydrogens (tertiary/aromatic N) is 1. The number of hydrogen-bond acceptors (Lipinski definition) is 4. The number of carbonyl (C=O) groups is 3. The van der Waals surface area contributed by atoms with Crippen LogP contribution in [0.5, 0.6) is 0 Å². The molecule has 134 valence electrons. The van der Waals surface area contributed by atoms with Gasteiger partial charge in [-0.2, -0.15) is 0 Å². The fourth-order valence-electron chi connectivity index (χ4n) is 2.93. The maximum atomic E-state index is 12.6. The van der Waals surface area contributed by atoms with Gasteiger partial charge in [-0.1, -0.05) is 12.1 Å². The second kappa shape index (κ2) is 7.39.